The molecule has 0 amide bonds. The molecule has 1 aliphatic heterocycles. The lowest BCUT2D eigenvalue weighted by molar-refractivity contribution is 0.461. The van der Waals surface area contributed by atoms with Crippen LogP contribution in [0.2, 0.25) is 0 Å². The zero-order chi connectivity index (χ0) is 13.6. The topological polar surface area (TPSA) is 66.7 Å². The van der Waals surface area contributed by atoms with Gasteiger partial charge in [-0.15, -0.1) is 11.3 Å². The number of nitrogens with zero attached hydrogens (tertiary/aromatic N) is 3. The first-order valence-corrected chi connectivity index (χ1v) is 8.49. The van der Waals surface area contributed by atoms with Gasteiger partial charge in [0.05, 0.1) is 0 Å². The Labute approximate surface area is 116 Å². The van der Waals surface area contributed by atoms with Gasteiger partial charge in [0.15, 0.2) is 15.8 Å². The zero-order valence-electron chi connectivity index (χ0n) is 10.8. The monoisotopic (exact) mass is 300 g/mol. The SMILES string of the molecule is CNc1nc2sccn2c1S(=O)(=O)N1CCC(C)C1. The number of fused-ring (bicyclic) bond motifs is 1. The van der Waals surface area contributed by atoms with Gasteiger partial charge in [-0.1, -0.05) is 6.92 Å². The predicted molar refractivity (Wildman–Crippen MR) is 75.2 cm³/mol. The quantitative estimate of drug-likeness (QED) is 0.932. The third kappa shape index (κ3) is 1.94. The molecule has 1 aliphatic rings. The van der Waals surface area contributed by atoms with Crippen LogP contribution < -0.4 is 5.32 Å². The predicted octanol–water partition coefficient (Wildman–Crippen LogP) is 1.47. The summed E-state index contributed by atoms with van der Waals surface area (Å²) in [6, 6.07) is 0. The Morgan fingerprint density at radius 3 is 2.95 bits per heavy atom. The highest BCUT2D eigenvalue weighted by Gasteiger charge is 2.35. The van der Waals surface area contributed by atoms with Gasteiger partial charge >= 0.3 is 0 Å². The van der Waals surface area contributed by atoms with Gasteiger partial charge in [-0.05, 0) is 12.3 Å². The molecule has 6 nitrogen and oxygen atoms in total. The van der Waals surface area contributed by atoms with Crippen LogP contribution in [0.1, 0.15) is 13.3 Å². The third-order valence-electron chi connectivity index (χ3n) is 3.43. The minimum atomic E-state index is -3.49. The number of aromatic nitrogens is 2. The van der Waals surface area contributed by atoms with Crippen LogP contribution in [0.15, 0.2) is 16.6 Å². The first kappa shape index (κ1) is 12.9. The average Bonchev–Trinajstić information content (AvgIpc) is 3.01. The van der Waals surface area contributed by atoms with Crippen molar-refractivity contribution in [1.82, 2.24) is 13.7 Å². The highest BCUT2D eigenvalue weighted by Crippen LogP contribution is 2.30. The molecule has 19 heavy (non-hydrogen) atoms. The van der Waals surface area contributed by atoms with Gasteiger partial charge in [-0.25, -0.2) is 13.4 Å². The summed E-state index contributed by atoms with van der Waals surface area (Å²) in [5, 5.41) is 4.97. The van der Waals surface area contributed by atoms with Crippen LogP contribution in [0.25, 0.3) is 4.96 Å². The number of imidazole rings is 1. The molecule has 1 fully saturated rings. The molecule has 1 N–H and O–H groups in total. The van der Waals surface area contributed by atoms with Crippen molar-refractivity contribution >= 4 is 32.1 Å². The van der Waals surface area contributed by atoms with Gasteiger partial charge in [0.2, 0.25) is 0 Å². The summed E-state index contributed by atoms with van der Waals surface area (Å²) in [5.41, 5.74) is 0. The zero-order valence-corrected chi connectivity index (χ0v) is 12.5. The summed E-state index contributed by atoms with van der Waals surface area (Å²) < 4.78 is 28.7. The summed E-state index contributed by atoms with van der Waals surface area (Å²) in [6.07, 6.45) is 2.67. The molecule has 2 aromatic rings. The maximum atomic E-state index is 12.8. The van der Waals surface area contributed by atoms with Crippen molar-refractivity contribution in [3.05, 3.63) is 11.6 Å². The number of hydrogen-bond donors (Lipinski definition) is 1. The molecule has 1 saturated heterocycles. The minimum absolute atomic E-state index is 0.250. The van der Waals surface area contributed by atoms with E-state index in [1.54, 1.807) is 22.0 Å². The molecule has 0 aliphatic carbocycles. The highest BCUT2D eigenvalue weighted by atomic mass is 32.2. The summed E-state index contributed by atoms with van der Waals surface area (Å²) >= 11 is 1.43. The van der Waals surface area contributed by atoms with E-state index in [0.717, 1.165) is 6.42 Å². The Kier molecular flexibility index (Phi) is 3.03. The minimum Gasteiger partial charge on any atom is -0.371 e. The fraction of sp³-hybridized carbons (Fsp3) is 0.545. The van der Waals surface area contributed by atoms with Crippen LogP contribution in [0.5, 0.6) is 0 Å². The van der Waals surface area contributed by atoms with Gasteiger partial charge in [-0.2, -0.15) is 4.31 Å². The first-order chi connectivity index (χ1) is 9.04. The Morgan fingerprint density at radius 2 is 2.32 bits per heavy atom. The van der Waals surface area contributed by atoms with Crippen LogP contribution >= 0.6 is 11.3 Å². The molecular weight excluding hydrogens is 284 g/mol. The Balaban J connectivity index is 2.14. The van der Waals surface area contributed by atoms with Gasteiger partial charge in [0, 0.05) is 31.7 Å². The van der Waals surface area contributed by atoms with Gasteiger partial charge < -0.3 is 5.32 Å². The lowest BCUT2D eigenvalue weighted by atomic mass is 10.2. The third-order valence-corrected chi connectivity index (χ3v) is 6.07. The summed E-state index contributed by atoms with van der Waals surface area (Å²) in [6.45, 7) is 3.25. The summed E-state index contributed by atoms with van der Waals surface area (Å²) in [7, 11) is -1.80. The second-order valence-electron chi connectivity index (χ2n) is 4.83. The van der Waals surface area contributed by atoms with E-state index >= 15 is 0 Å². The molecule has 0 radical (unpaired) electrons. The molecule has 3 rings (SSSR count). The summed E-state index contributed by atoms with van der Waals surface area (Å²) in [5.74, 6) is 0.838. The lowest BCUT2D eigenvalue weighted by Gasteiger charge is -2.16. The fourth-order valence-electron chi connectivity index (χ4n) is 2.41. The molecule has 1 atom stereocenters. The Hall–Kier alpha value is -1.12. The first-order valence-electron chi connectivity index (χ1n) is 6.17. The average molecular weight is 300 g/mol. The van der Waals surface area contributed by atoms with E-state index in [1.807, 2.05) is 5.38 Å². The van der Waals surface area contributed by atoms with Crippen molar-refractivity contribution in [2.75, 3.05) is 25.5 Å². The van der Waals surface area contributed by atoms with Crippen molar-refractivity contribution in [2.45, 2.75) is 18.4 Å². The molecule has 0 saturated carbocycles. The van der Waals surface area contributed by atoms with Crippen molar-refractivity contribution in [1.29, 1.82) is 0 Å². The molecule has 8 heteroatoms. The Bertz CT molecular complexity index is 703. The molecule has 1 unspecified atom stereocenters. The standard InChI is InChI=1S/C11H16N4O2S2/c1-8-3-4-14(7-8)19(16,17)10-9(12-2)13-11-15(10)5-6-18-11/h5-6,8,12H,3-4,7H2,1-2H3. The van der Waals surface area contributed by atoms with E-state index < -0.39 is 10.0 Å². The van der Waals surface area contributed by atoms with E-state index in [-0.39, 0.29) is 5.03 Å². The maximum absolute atomic E-state index is 12.8. The van der Waals surface area contributed by atoms with Gasteiger partial charge in [-0.3, -0.25) is 4.40 Å². The van der Waals surface area contributed by atoms with E-state index in [9.17, 15) is 8.42 Å². The Morgan fingerprint density at radius 1 is 1.53 bits per heavy atom. The number of nitrogens with one attached hydrogen (secondary N) is 1. The van der Waals surface area contributed by atoms with E-state index in [0.29, 0.717) is 29.8 Å². The van der Waals surface area contributed by atoms with Crippen molar-refractivity contribution in [2.24, 2.45) is 5.92 Å². The molecule has 2 aromatic heterocycles. The molecule has 0 bridgehead atoms. The van der Waals surface area contributed by atoms with Crippen LogP contribution in [0, 0.1) is 5.92 Å². The van der Waals surface area contributed by atoms with Gasteiger partial charge in [0.1, 0.15) is 0 Å². The lowest BCUT2D eigenvalue weighted by Crippen LogP contribution is -2.30. The largest absolute Gasteiger partial charge is 0.371 e. The smallest absolute Gasteiger partial charge is 0.262 e. The normalized spacial score (nSPS) is 21.3. The van der Waals surface area contributed by atoms with Crippen molar-refractivity contribution in [3.63, 3.8) is 0 Å². The van der Waals surface area contributed by atoms with Crippen molar-refractivity contribution in [3.8, 4) is 0 Å². The van der Waals surface area contributed by atoms with E-state index in [4.69, 9.17) is 0 Å². The molecule has 0 spiro atoms. The van der Waals surface area contributed by atoms with Crippen LogP contribution in [-0.4, -0.2) is 42.2 Å². The number of hydrogen-bond acceptors (Lipinski definition) is 5. The van der Waals surface area contributed by atoms with E-state index in [1.165, 1.54) is 11.3 Å². The molecule has 3 heterocycles. The number of rotatable bonds is 3. The molecule has 0 aromatic carbocycles. The second-order valence-corrected chi connectivity index (χ2v) is 7.55. The maximum Gasteiger partial charge on any atom is 0.262 e. The van der Waals surface area contributed by atoms with Crippen LogP contribution in [0.4, 0.5) is 5.82 Å². The fourth-order valence-corrected chi connectivity index (χ4v) is 5.01. The molecule has 104 valence electrons. The second kappa shape index (κ2) is 4.46. The molecular formula is C11H16N4O2S2. The number of anilines is 1. The van der Waals surface area contributed by atoms with Gasteiger partial charge in [0.25, 0.3) is 10.0 Å². The van der Waals surface area contributed by atoms with Crippen LogP contribution in [0.3, 0.4) is 0 Å². The van der Waals surface area contributed by atoms with Crippen LogP contribution in [-0.2, 0) is 10.0 Å². The number of thiazole rings is 1. The summed E-state index contributed by atoms with van der Waals surface area (Å²) in [4.78, 5) is 5.00. The number of sulfonamides is 1. The van der Waals surface area contributed by atoms with Crippen molar-refractivity contribution < 1.29 is 8.42 Å². The van der Waals surface area contributed by atoms with E-state index in [2.05, 4.69) is 17.2 Å². The highest BCUT2D eigenvalue weighted by molar-refractivity contribution is 7.89.